The van der Waals surface area contributed by atoms with E-state index in [-0.39, 0.29) is 37.8 Å². The van der Waals surface area contributed by atoms with E-state index < -0.39 is 12.3 Å². The molecule has 0 heterocycles. The van der Waals surface area contributed by atoms with Gasteiger partial charge in [-0.05, 0) is 41.5 Å². The van der Waals surface area contributed by atoms with Crippen LogP contribution in [0, 0.1) is 0 Å². The summed E-state index contributed by atoms with van der Waals surface area (Å²) in [6.07, 6.45) is 0.152. The van der Waals surface area contributed by atoms with Gasteiger partial charge in [0.15, 0.2) is 13.1 Å². The standard InChI is InChI=1S/C18H36O7/c1-13(2)20-9-8-18(25-15(5)6)22-11-17(10-21-14(3)4)24-12-23-16(7)19/h13-15,17-18H,8-12H2,1-7H3. The van der Waals surface area contributed by atoms with Gasteiger partial charge >= 0.3 is 5.97 Å². The molecule has 0 amide bonds. The number of esters is 1. The number of carbonyl (C=O) groups is 1. The van der Waals surface area contributed by atoms with Gasteiger partial charge < -0.3 is 28.4 Å². The van der Waals surface area contributed by atoms with Crippen LogP contribution in [0.2, 0.25) is 0 Å². The lowest BCUT2D eigenvalue weighted by Gasteiger charge is -2.25. The van der Waals surface area contributed by atoms with E-state index >= 15 is 0 Å². The highest BCUT2D eigenvalue weighted by Crippen LogP contribution is 2.09. The first-order valence-electron chi connectivity index (χ1n) is 8.95. The number of hydrogen-bond donors (Lipinski definition) is 0. The van der Waals surface area contributed by atoms with Crippen molar-refractivity contribution in [2.45, 2.75) is 85.6 Å². The van der Waals surface area contributed by atoms with E-state index in [0.29, 0.717) is 19.6 Å². The molecule has 0 aliphatic heterocycles. The molecule has 7 heteroatoms. The van der Waals surface area contributed by atoms with Crippen molar-refractivity contribution in [3.8, 4) is 0 Å². The fourth-order valence-corrected chi connectivity index (χ4v) is 1.77. The molecular formula is C18H36O7. The minimum atomic E-state index is -0.392. The second kappa shape index (κ2) is 14.4. The van der Waals surface area contributed by atoms with E-state index in [2.05, 4.69) is 0 Å². The molecule has 150 valence electrons. The Morgan fingerprint density at radius 2 is 1.40 bits per heavy atom. The zero-order valence-electron chi connectivity index (χ0n) is 16.8. The summed E-state index contributed by atoms with van der Waals surface area (Å²) in [4.78, 5) is 10.9. The molecule has 0 aromatic carbocycles. The fourth-order valence-electron chi connectivity index (χ4n) is 1.77. The van der Waals surface area contributed by atoms with Gasteiger partial charge in [0.2, 0.25) is 0 Å². The molecule has 0 aliphatic rings. The zero-order chi connectivity index (χ0) is 19.2. The summed E-state index contributed by atoms with van der Waals surface area (Å²) >= 11 is 0. The monoisotopic (exact) mass is 364 g/mol. The summed E-state index contributed by atoms with van der Waals surface area (Å²) in [6.45, 7) is 14.1. The molecule has 0 spiro atoms. The highest BCUT2D eigenvalue weighted by molar-refractivity contribution is 5.65. The van der Waals surface area contributed by atoms with E-state index in [1.165, 1.54) is 6.92 Å². The normalized spacial score (nSPS) is 14.3. The lowest BCUT2D eigenvalue weighted by atomic mass is 10.3. The number of rotatable bonds is 15. The topological polar surface area (TPSA) is 72.5 Å². The van der Waals surface area contributed by atoms with Gasteiger partial charge in [-0.2, -0.15) is 0 Å². The molecule has 0 saturated heterocycles. The van der Waals surface area contributed by atoms with Crippen molar-refractivity contribution in [2.24, 2.45) is 0 Å². The SMILES string of the molecule is CC(=O)OCOC(COC(C)C)COC(CCOC(C)C)OC(C)C. The molecule has 0 aliphatic carbocycles. The van der Waals surface area contributed by atoms with Gasteiger partial charge in [-0.1, -0.05) is 0 Å². The summed E-state index contributed by atoms with van der Waals surface area (Å²) in [7, 11) is 0. The van der Waals surface area contributed by atoms with E-state index in [0.717, 1.165) is 0 Å². The second-order valence-corrected chi connectivity index (χ2v) is 6.58. The van der Waals surface area contributed by atoms with Crippen molar-refractivity contribution in [1.82, 2.24) is 0 Å². The van der Waals surface area contributed by atoms with Gasteiger partial charge in [-0.15, -0.1) is 0 Å². The van der Waals surface area contributed by atoms with E-state index in [1.807, 2.05) is 41.5 Å². The molecule has 0 aromatic rings. The maximum absolute atomic E-state index is 10.9. The highest BCUT2D eigenvalue weighted by Gasteiger charge is 2.18. The molecule has 0 radical (unpaired) electrons. The van der Waals surface area contributed by atoms with E-state index in [4.69, 9.17) is 28.4 Å². The van der Waals surface area contributed by atoms with Gasteiger partial charge in [0.25, 0.3) is 0 Å². The van der Waals surface area contributed by atoms with Crippen LogP contribution in [-0.2, 0) is 33.2 Å². The van der Waals surface area contributed by atoms with Crippen LogP contribution in [0.1, 0.15) is 54.9 Å². The Balaban J connectivity index is 4.42. The predicted molar refractivity (Wildman–Crippen MR) is 94.3 cm³/mol. The Morgan fingerprint density at radius 3 is 1.92 bits per heavy atom. The molecular weight excluding hydrogens is 328 g/mol. The second-order valence-electron chi connectivity index (χ2n) is 6.58. The minimum Gasteiger partial charge on any atom is -0.439 e. The van der Waals surface area contributed by atoms with Crippen LogP contribution >= 0.6 is 0 Å². The number of hydrogen-bond acceptors (Lipinski definition) is 7. The minimum absolute atomic E-state index is 0.0383. The van der Waals surface area contributed by atoms with Crippen LogP contribution in [0.15, 0.2) is 0 Å². The lowest BCUT2D eigenvalue weighted by Crippen LogP contribution is -2.33. The Labute approximate surface area is 152 Å². The summed E-state index contributed by atoms with van der Waals surface area (Å²) < 4.78 is 33.1. The molecule has 0 saturated carbocycles. The third-order valence-corrected chi connectivity index (χ3v) is 2.88. The van der Waals surface area contributed by atoms with Gasteiger partial charge in [-0.3, -0.25) is 4.79 Å². The average Bonchev–Trinajstić information content (AvgIpc) is 2.47. The van der Waals surface area contributed by atoms with Crippen LogP contribution in [0.4, 0.5) is 0 Å². The smallest absolute Gasteiger partial charge is 0.304 e. The van der Waals surface area contributed by atoms with Crippen LogP contribution in [-0.4, -0.2) is 63.3 Å². The van der Waals surface area contributed by atoms with E-state index in [9.17, 15) is 4.79 Å². The molecule has 25 heavy (non-hydrogen) atoms. The summed E-state index contributed by atoms with van der Waals surface area (Å²) in [5.74, 6) is -0.392. The maximum atomic E-state index is 10.9. The molecule has 2 unspecified atom stereocenters. The van der Waals surface area contributed by atoms with E-state index in [1.54, 1.807) is 0 Å². The zero-order valence-corrected chi connectivity index (χ0v) is 16.8. The first-order valence-corrected chi connectivity index (χ1v) is 8.95. The Bertz CT molecular complexity index is 331. The Hall–Kier alpha value is -0.730. The van der Waals surface area contributed by atoms with Crippen LogP contribution in [0.3, 0.4) is 0 Å². The molecule has 0 N–H and O–H groups in total. The first-order chi connectivity index (χ1) is 11.7. The maximum Gasteiger partial charge on any atom is 0.304 e. The predicted octanol–water partition coefficient (Wildman–Crippen LogP) is 2.90. The van der Waals surface area contributed by atoms with Crippen molar-refractivity contribution in [3.05, 3.63) is 0 Å². The first kappa shape index (κ1) is 24.3. The van der Waals surface area contributed by atoms with Crippen molar-refractivity contribution in [2.75, 3.05) is 26.6 Å². The van der Waals surface area contributed by atoms with Crippen LogP contribution < -0.4 is 0 Å². The van der Waals surface area contributed by atoms with Crippen molar-refractivity contribution >= 4 is 5.97 Å². The summed E-state index contributed by atoms with van der Waals surface area (Å²) in [5, 5.41) is 0. The average molecular weight is 364 g/mol. The van der Waals surface area contributed by atoms with Crippen LogP contribution in [0.5, 0.6) is 0 Å². The molecule has 7 nitrogen and oxygen atoms in total. The fraction of sp³-hybridized carbons (Fsp3) is 0.944. The van der Waals surface area contributed by atoms with Gasteiger partial charge in [-0.25, -0.2) is 0 Å². The number of ether oxygens (including phenoxy) is 6. The quantitative estimate of drug-likeness (QED) is 0.327. The van der Waals surface area contributed by atoms with Gasteiger partial charge in [0.1, 0.15) is 6.10 Å². The highest BCUT2D eigenvalue weighted by atomic mass is 16.7. The Kier molecular flexibility index (Phi) is 14.0. The molecule has 0 bridgehead atoms. The van der Waals surface area contributed by atoms with Crippen molar-refractivity contribution < 1.29 is 33.2 Å². The molecule has 0 fully saturated rings. The van der Waals surface area contributed by atoms with Crippen LogP contribution in [0.25, 0.3) is 0 Å². The molecule has 0 rings (SSSR count). The van der Waals surface area contributed by atoms with Crippen molar-refractivity contribution in [1.29, 1.82) is 0 Å². The van der Waals surface area contributed by atoms with Gasteiger partial charge in [0.05, 0.1) is 38.1 Å². The summed E-state index contributed by atoms with van der Waals surface area (Å²) in [5.41, 5.74) is 0. The third-order valence-electron chi connectivity index (χ3n) is 2.88. The largest absolute Gasteiger partial charge is 0.439 e. The lowest BCUT2D eigenvalue weighted by molar-refractivity contribution is -0.205. The Morgan fingerprint density at radius 1 is 0.800 bits per heavy atom. The van der Waals surface area contributed by atoms with Crippen molar-refractivity contribution in [3.63, 3.8) is 0 Å². The number of carbonyl (C=O) groups excluding carboxylic acids is 1. The molecule has 2 atom stereocenters. The van der Waals surface area contributed by atoms with Gasteiger partial charge in [0, 0.05) is 13.3 Å². The third kappa shape index (κ3) is 16.5. The molecule has 0 aromatic heterocycles. The summed E-state index contributed by atoms with van der Waals surface area (Å²) in [6, 6.07) is 0.